The number of alkyl halides is 3. The predicted octanol–water partition coefficient (Wildman–Crippen LogP) is 1.84. The molecule has 0 aliphatic rings. The van der Waals surface area contributed by atoms with E-state index >= 15 is 0 Å². The fourth-order valence-corrected chi connectivity index (χ4v) is 1.20. The second-order valence-electron chi connectivity index (χ2n) is 3.02. The van der Waals surface area contributed by atoms with Crippen LogP contribution in [0.1, 0.15) is 17.2 Å². The molecule has 0 aliphatic carbocycles. The summed E-state index contributed by atoms with van der Waals surface area (Å²) in [6, 6.07) is 0.762. The zero-order valence-electron chi connectivity index (χ0n) is 7.55. The molecule has 0 amide bonds. The van der Waals surface area contributed by atoms with E-state index in [1.165, 1.54) is 0 Å². The van der Waals surface area contributed by atoms with Gasteiger partial charge in [0.25, 0.3) is 0 Å². The van der Waals surface area contributed by atoms with E-state index < -0.39 is 35.8 Å². The zero-order chi connectivity index (χ0) is 11.6. The second kappa shape index (κ2) is 4.16. The van der Waals surface area contributed by atoms with Crippen LogP contribution in [0.2, 0.25) is 0 Å². The monoisotopic (exact) mass is 223 g/mol. The molecule has 15 heavy (non-hydrogen) atoms. The largest absolute Gasteiger partial charge is 0.416 e. The first-order chi connectivity index (χ1) is 6.86. The third kappa shape index (κ3) is 2.66. The predicted molar refractivity (Wildman–Crippen MR) is 45.4 cm³/mol. The number of hydrogen-bond acceptors (Lipinski definition) is 2. The van der Waals surface area contributed by atoms with Crippen molar-refractivity contribution in [1.82, 2.24) is 0 Å². The average Bonchev–Trinajstić information content (AvgIpc) is 2.14. The molecule has 0 radical (unpaired) electrons. The molecule has 6 heteroatoms. The van der Waals surface area contributed by atoms with E-state index in [1.807, 2.05) is 0 Å². The lowest BCUT2D eigenvalue weighted by atomic mass is 10.0. The van der Waals surface area contributed by atoms with Gasteiger partial charge in [-0.3, -0.25) is 0 Å². The standard InChI is InChI=1S/C9H9F4NO/c10-5-1-2-7(9(11,12)13)6(3-5)8(14)4-15/h1-3,8,15H,4,14H2. The first-order valence-corrected chi connectivity index (χ1v) is 4.09. The third-order valence-corrected chi connectivity index (χ3v) is 1.92. The molecule has 0 aromatic heterocycles. The normalized spacial score (nSPS) is 14.0. The van der Waals surface area contributed by atoms with E-state index in [1.54, 1.807) is 0 Å². The van der Waals surface area contributed by atoms with Gasteiger partial charge < -0.3 is 10.8 Å². The van der Waals surface area contributed by atoms with Gasteiger partial charge in [0.1, 0.15) is 5.82 Å². The molecule has 1 aromatic carbocycles. The highest BCUT2D eigenvalue weighted by Crippen LogP contribution is 2.34. The van der Waals surface area contributed by atoms with Crippen molar-refractivity contribution in [1.29, 1.82) is 0 Å². The molecule has 0 bridgehead atoms. The molecule has 1 aromatic rings. The maximum Gasteiger partial charge on any atom is 0.416 e. The van der Waals surface area contributed by atoms with Gasteiger partial charge in [0, 0.05) is 0 Å². The topological polar surface area (TPSA) is 46.2 Å². The summed E-state index contributed by atoms with van der Waals surface area (Å²) >= 11 is 0. The van der Waals surface area contributed by atoms with E-state index in [2.05, 4.69) is 0 Å². The first kappa shape index (κ1) is 11.9. The molecule has 1 unspecified atom stereocenters. The number of rotatable bonds is 2. The number of aliphatic hydroxyl groups excluding tert-OH is 1. The molecule has 2 nitrogen and oxygen atoms in total. The maximum atomic E-state index is 12.7. The Labute approximate surface area is 83.3 Å². The van der Waals surface area contributed by atoms with E-state index in [0.717, 1.165) is 0 Å². The van der Waals surface area contributed by atoms with Gasteiger partial charge >= 0.3 is 6.18 Å². The van der Waals surface area contributed by atoms with Crippen LogP contribution in [0.15, 0.2) is 18.2 Å². The summed E-state index contributed by atoms with van der Waals surface area (Å²) < 4.78 is 50.0. The maximum absolute atomic E-state index is 12.7. The Hall–Kier alpha value is -1.14. The minimum Gasteiger partial charge on any atom is -0.394 e. The second-order valence-corrected chi connectivity index (χ2v) is 3.02. The summed E-state index contributed by atoms with van der Waals surface area (Å²) in [5.74, 6) is -0.818. The molecule has 0 fully saturated rings. The van der Waals surface area contributed by atoms with Crippen LogP contribution in [-0.4, -0.2) is 11.7 Å². The molecule has 1 rings (SSSR count). The number of hydrogen-bond donors (Lipinski definition) is 2. The van der Waals surface area contributed by atoms with E-state index in [9.17, 15) is 17.6 Å². The van der Waals surface area contributed by atoms with Gasteiger partial charge in [-0.2, -0.15) is 13.2 Å². The van der Waals surface area contributed by atoms with E-state index in [4.69, 9.17) is 10.8 Å². The summed E-state index contributed by atoms with van der Waals surface area (Å²) in [6.45, 7) is -0.674. The van der Waals surface area contributed by atoms with Crippen molar-refractivity contribution in [2.75, 3.05) is 6.61 Å². The van der Waals surface area contributed by atoms with Crippen molar-refractivity contribution < 1.29 is 22.7 Å². The Morgan fingerprint density at radius 2 is 1.93 bits per heavy atom. The molecule has 0 saturated heterocycles. The SMILES string of the molecule is NC(CO)c1cc(F)ccc1C(F)(F)F. The van der Waals surface area contributed by atoms with Crippen LogP contribution in [-0.2, 0) is 6.18 Å². The van der Waals surface area contributed by atoms with Crippen LogP contribution >= 0.6 is 0 Å². The van der Waals surface area contributed by atoms with Gasteiger partial charge in [-0.1, -0.05) is 0 Å². The summed E-state index contributed by atoms with van der Waals surface area (Å²) in [6.07, 6.45) is -4.60. The van der Waals surface area contributed by atoms with Crippen molar-refractivity contribution in [3.8, 4) is 0 Å². The van der Waals surface area contributed by atoms with Gasteiger partial charge in [0.2, 0.25) is 0 Å². The molecule has 84 valence electrons. The lowest BCUT2D eigenvalue weighted by molar-refractivity contribution is -0.138. The first-order valence-electron chi connectivity index (χ1n) is 4.09. The lowest BCUT2D eigenvalue weighted by Gasteiger charge is -2.16. The van der Waals surface area contributed by atoms with Gasteiger partial charge in [-0.05, 0) is 23.8 Å². The Morgan fingerprint density at radius 1 is 1.33 bits per heavy atom. The fourth-order valence-electron chi connectivity index (χ4n) is 1.20. The third-order valence-electron chi connectivity index (χ3n) is 1.92. The van der Waals surface area contributed by atoms with Crippen LogP contribution in [0, 0.1) is 5.82 Å². The smallest absolute Gasteiger partial charge is 0.394 e. The molecule has 3 N–H and O–H groups in total. The molecule has 0 saturated carbocycles. The van der Waals surface area contributed by atoms with E-state index in [0.29, 0.717) is 18.2 Å². The number of halogens is 4. The van der Waals surface area contributed by atoms with Crippen LogP contribution < -0.4 is 5.73 Å². The highest BCUT2D eigenvalue weighted by molar-refractivity contribution is 5.32. The molecule has 0 spiro atoms. The molecule has 0 heterocycles. The van der Waals surface area contributed by atoms with Gasteiger partial charge in [0.15, 0.2) is 0 Å². The highest BCUT2D eigenvalue weighted by atomic mass is 19.4. The molecular formula is C9H9F4NO. The van der Waals surface area contributed by atoms with Gasteiger partial charge in [-0.25, -0.2) is 4.39 Å². The summed E-state index contributed by atoms with van der Waals surface area (Å²) in [4.78, 5) is 0. The minimum absolute atomic E-state index is 0.440. The van der Waals surface area contributed by atoms with Crippen molar-refractivity contribution in [2.24, 2.45) is 5.73 Å². The average molecular weight is 223 g/mol. The zero-order valence-corrected chi connectivity index (χ0v) is 7.55. The van der Waals surface area contributed by atoms with Crippen molar-refractivity contribution in [2.45, 2.75) is 12.2 Å². The summed E-state index contributed by atoms with van der Waals surface area (Å²) in [5, 5.41) is 8.65. The Morgan fingerprint density at radius 3 is 2.40 bits per heavy atom. The molecule has 1 atom stereocenters. The molecular weight excluding hydrogens is 214 g/mol. The quantitative estimate of drug-likeness (QED) is 0.751. The van der Waals surface area contributed by atoms with Crippen LogP contribution in [0.4, 0.5) is 17.6 Å². The number of nitrogens with two attached hydrogens (primary N) is 1. The molecule has 0 aliphatic heterocycles. The van der Waals surface area contributed by atoms with E-state index in [-0.39, 0.29) is 0 Å². The lowest BCUT2D eigenvalue weighted by Crippen LogP contribution is -2.20. The Bertz CT molecular complexity index is 350. The van der Waals surface area contributed by atoms with Gasteiger partial charge in [0.05, 0.1) is 18.2 Å². The van der Waals surface area contributed by atoms with Gasteiger partial charge in [-0.15, -0.1) is 0 Å². The Kier molecular flexibility index (Phi) is 3.31. The fraction of sp³-hybridized carbons (Fsp3) is 0.333. The van der Waals surface area contributed by atoms with Crippen molar-refractivity contribution >= 4 is 0 Å². The summed E-state index contributed by atoms with van der Waals surface area (Å²) in [7, 11) is 0. The number of aliphatic hydroxyl groups is 1. The number of benzene rings is 1. The van der Waals surface area contributed by atoms with Crippen LogP contribution in [0.5, 0.6) is 0 Å². The Balaban J connectivity index is 3.27. The van der Waals surface area contributed by atoms with Crippen molar-refractivity contribution in [3.05, 3.63) is 35.1 Å². The minimum atomic E-state index is -4.60. The van der Waals surface area contributed by atoms with Crippen LogP contribution in [0.25, 0.3) is 0 Å². The highest BCUT2D eigenvalue weighted by Gasteiger charge is 2.34. The van der Waals surface area contributed by atoms with Crippen LogP contribution in [0.3, 0.4) is 0 Å². The van der Waals surface area contributed by atoms with Crippen molar-refractivity contribution in [3.63, 3.8) is 0 Å². The summed E-state index contributed by atoms with van der Waals surface area (Å²) in [5.41, 5.74) is 3.78.